The maximum absolute atomic E-state index is 11.5. The summed E-state index contributed by atoms with van der Waals surface area (Å²) < 4.78 is 10.3. The Morgan fingerprint density at radius 1 is 1.24 bits per heavy atom. The van der Waals surface area contributed by atoms with Gasteiger partial charge < -0.3 is 9.47 Å². The lowest BCUT2D eigenvalue weighted by molar-refractivity contribution is 0.255. The van der Waals surface area contributed by atoms with Gasteiger partial charge in [-0.1, -0.05) is 5.11 Å². The summed E-state index contributed by atoms with van der Waals surface area (Å²) in [7, 11) is 3.11. The molecule has 90 valence electrons. The van der Waals surface area contributed by atoms with E-state index in [0.717, 1.165) is 0 Å². The van der Waals surface area contributed by atoms with Crippen molar-refractivity contribution in [3.8, 4) is 11.5 Å². The van der Waals surface area contributed by atoms with Crippen LogP contribution in [0.1, 0.15) is 6.92 Å². The van der Waals surface area contributed by atoms with Crippen LogP contribution < -0.4 is 14.4 Å². The second-order valence-corrected chi connectivity index (χ2v) is 3.54. The number of methoxy groups -OCH3 is 2. The monoisotopic (exact) mass is 235 g/mol. The van der Waals surface area contributed by atoms with E-state index in [-0.39, 0.29) is 12.2 Å². The Balaban J connectivity index is 2.37. The van der Waals surface area contributed by atoms with Crippen molar-refractivity contribution in [1.29, 1.82) is 0 Å². The van der Waals surface area contributed by atoms with E-state index < -0.39 is 0 Å². The van der Waals surface area contributed by atoms with E-state index in [9.17, 15) is 4.79 Å². The van der Waals surface area contributed by atoms with Crippen molar-refractivity contribution >= 4 is 11.7 Å². The zero-order valence-corrected chi connectivity index (χ0v) is 9.88. The SMILES string of the molecule is COc1ccc(N2C(=O)N=N[C@H]2C)cc1OC. The van der Waals surface area contributed by atoms with E-state index in [1.54, 1.807) is 39.3 Å². The van der Waals surface area contributed by atoms with Gasteiger partial charge in [-0.2, -0.15) is 5.11 Å². The number of hydrogen-bond donors (Lipinski definition) is 0. The van der Waals surface area contributed by atoms with Crippen LogP contribution in [0.2, 0.25) is 0 Å². The zero-order valence-electron chi connectivity index (χ0n) is 9.88. The van der Waals surface area contributed by atoms with Crippen LogP contribution in [0.3, 0.4) is 0 Å². The molecule has 17 heavy (non-hydrogen) atoms. The first-order chi connectivity index (χ1) is 8.17. The van der Waals surface area contributed by atoms with Crippen molar-refractivity contribution in [3.05, 3.63) is 18.2 Å². The largest absolute Gasteiger partial charge is 0.493 e. The van der Waals surface area contributed by atoms with E-state index in [4.69, 9.17) is 9.47 Å². The van der Waals surface area contributed by atoms with E-state index in [1.807, 2.05) is 0 Å². The molecular formula is C11H13N3O3. The summed E-state index contributed by atoms with van der Waals surface area (Å²) in [6.45, 7) is 1.80. The number of hydrogen-bond acceptors (Lipinski definition) is 4. The van der Waals surface area contributed by atoms with E-state index in [0.29, 0.717) is 17.2 Å². The van der Waals surface area contributed by atoms with Gasteiger partial charge in [0.1, 0.15) is 6.17 Å². The second-order valence-electron chi connectivity index (χ2n) is 3.54. The maximum atomic E-state index is 11.5. The minimum Gasteiger partial charge on any atom is -0.493 e. The molecule has 2 amide bonds. The third-order valence-electron chi connectivity index (χ3n) is 2.54. The molecule has 0 spiro atoms. The smallest absolute Gasteiger partial charge is 0.368 e. The van der Waals surface area contributed by atoms with Gasteiger partial charge in [-0.15, -0.1) is 0 Å². The predicted octanol–water partition coefficient (Wildman–Crippen LogP) is 2.44. The highest BCUT2D eigenvalue weighted by molar-refractivity contribution is 5.94. The molecule has 2 rings (SSSR count). The number of carbonyl (C=O) groups excluding carboxylic acids is 1. The summed E-state index contributed by atoms with van der Waals surface area (Å²) in [4.78, 5) is 13.0. The lowest BCUT2D eigenvalue weighted by Crippen LogP contribution is -2.30. The molecular weight excluding hydrogens is 222 g/mol. The minimum atomic E-state index is -0.371. The fourth-order valence-electron chi connectivity index (χ4n) is 1.69. The number of azo groups is 1. The highest BCUT2D eigenvalue weighted by Crippen LogP contribution is 2.33. The fourth-order valence-corrected chi connectivity index (χ4v) is 1.69. The number of carbonyl (C=O) groups is 1. The summed E-state index contributed by atoms with van der Waals surface area (Å²) in [5, 5.41) is 7.32. The fraction of sp³-hybridized carbons (Fsp3) is 0.364. The molecule has 0 unspecified atom stereocenters. The van der Waals surface area contributed by atoms with Crippen LogP contribution in [-0.4, -0.2) is 26.4 Å². The lowest BCUT2D eigenvalue weighted by atomic mass is 10.2. The average molecular weight is 235 g/mol. The van der Waals surface area contributed by atoms with Crippen molar-refractivity contribution < 1.29 is 14.3 Å². The standard InChI is InChI=1S/C11H13N3O3/c1-7-12-13-11(15)14(7)8-4-5-9(16-2)10(6-8)17-3/h4-7H,1-3H3/t7-/m1/s1. The number of ether oxygens (including phenoxy) is 2. The topological polar surface area (TPSA) is 63.5 Å². The van der Waals surface area contributed by atoms with Crippen LogP contribution in [0.25, 0.3) is 0 Å². The van der Waals surface area contributed by atoms with Crippen LogP contribution >= 0.6 is 0 Å². The van der Waals surface area contributed by atoms with Gasteiger partial charge in [0, 0.05) is 6.07 Å². The molecule has 0 fully saturated rings. The van der Waals surface area contributed by atoms with Gasteiger partial charge in [-0.25, -0.2) is 4.79 Å². The highest BCUT2D eigenvalue weighted by atomic mass is 16.5. The molecule has 6 nitrogen and oxygen atoms in total. The Hall–Kier alpha value is -2.11. The van der Waals surface area contributed by atoms with Gasteiger partial charge in [0.2, 0.25) is 0 Å². The number of rotatable bonds is 3. The Bertz CT molecular complexity index is 473. The number of urea groups is 1. The molecule has 0 aliphatic carbocycles. The minimum absolute atomic E-state index is 0.291. The molecule has 1 aliphatic rings. The third kappa shape index (κ3) is 1.93. The molecule has 0 saturated carbocycles. The van der Waals surface area contributed by atoms with Gasteiger partial charge >= 0.3 is 6.03 Å². The van der Waals surface area contributed by atoms with Crippen molar-refractivity contribution in [2.45, 2.75) is 13.1 Å². The Morgan fingerprint density at radius 2 is 1.94 bits per heavy atom. The van der Waals surface area contributed by atoms with Crippen molar-refractivity contribution in [2.24, 2.45) is 10.2 Å². The van der Waals surface area contributed by atoms with E-state index >= 15 is 0 Å². The normalized spacial score (nSPS) is 18.6. The molecule has 0 radical (unpaired) electrons. The van der Waals surface area contributed by atoms with Gasteiger partial charge in [0.15, 0.2) is 11.5 Å². The van der Waals surface area contributed by atoms with E-state index in [2.05, 4.69) is 10.2 Å². The quantitative estimate of drug-likeness (QED) is 0.808. The molecule has 0 N–H and O–H groups in total. The zero-order chi connectivity index (χ0) is 12.4. The van der Waals surface area contributed by atoms with E-state index in [1.165, 1.54) is 4.90 Å². The number of amides is 2. The second kappa shape index (κ2) is 4.40. The van der Waals surface area contributed by atoms with Gasteiger partial charge in [-0.05, 0) is 19.1 Å². The third-order valence-corrected chi connectivity index (χ3v) is 2.54. The first-order valence-corrected chi connectivity index (χ1v) is 5.13. The summed E-state index contributed by atoms with van der Waals surface area (Å²) in [5.41, 5.74) is 0.685. The summed E-state index contributed by atoms with van der Waals surface area (Å²) >= 11 is 0. The first-order valence-electron chi connectivity index (χ1n) is 5.13. The van der Waals surface area contributed by atoms with Crippen LogP contribution in [0.4, 0.5) is 10.5 Å². The molecule has 1 aliphatic heterocycles. The first kappa shape index (κ1) is 11.4. The highest BCUT2D eigenvalue weighted by Gasteiger charge is 2.27. The molecule has 1 atom stereocenters. The molecule has 1 aromatic rings. The van der Waals surface area contributed by atoms with Crippen molar-refractivity contribution in [2.75, 3.05) is 19.1 Å². The van der Waals surface area contributed by atoms with Gasteiger partial charge in [-0.3, -0.25) is 4.90 Å². The molecule has 1 aromatic carbocycles. The van der Waals surface area contributed by atoms with Crippen LogP contribution in [-0.2, 0) is 0 Å². The number of benzene rings is 1. The van der Waals surface area contributed by atoms with Gasteiger partial charge in [0.05, 0.1) is 19.9 Å². The maximum Gasteiger partial charge on any atom is 0.368 e. The lowest BCUT2D eigenvalue weighted by Gasteiger charge is -2.19. The van der Waals surface area contributed by atoms with Gasteiger partial charge in [0.25, 0.3) is 0 Å². The van der Waals surface area contributed by atoms with Crippen LogP contribution in [0.5, 0.6) is 11.5 Å². The molecule has 0 bridgehead atoms. The summed E-state index contributed by atoms with van der Waals surface area (Å²) in [6.07, 6.45) is -0.291. The summed E-state index contributed by atoms with van der Waals surface area (Å²) in [6, 6.07) is 4.87. The molecule has 0 saturated heterocycles. The number of anilines is 1. The predicted molar refractivity (Wildman–Crippen MR) is 61.7 cm³/mol. The number of nitrogens with zero attached hydrogens (tertiary/aromatic N) is 3. The van der Waals surface area contributed by atoms with Crippen LogP contribution in [0, 0.1) is 0 Å². The molecule has 1 heterocycles. The Labute approximate surface area is 98.8 Å². The van der Waals surface area contributed by atoms with Crippen molar-refractivity contribution in [3.63, 3.8) is 0 Å². The summed E-state index contributed by atoms with van der Waals surface area (Å²) in [5.74, 6) is 1.18. The molecule has 6 heteroatoms. The Morgan fingerprint density at radius 3 is 2.47 bits per heavy atom. The Kier molecular flexibility index (Phi) is 2.95. The average Bonchev–Trinajstić information content (AvgIpc) is 2.68. The van der Waals surface area contributed by atoms with Crippen molar-refractivity contribution in [1.82, 2.24) is 0 Å². The molecule has 0 aromatic heterocycles. The van der Waals surface area contributed by atoms with Crippen LogP contribution in [0.15, 0.2) is 28.4 Å².